The van der Waals surface area contributed by atoms with E-state index in [0.717, 1.165) is 10.9 Å². The van der Waals surface area contributed by atoms with Crippen LogP contribution in [0.3, 0.4) is 0 Å². The van der Waals surface area contributed by atoms with Gasteiger partial charge in [0.2, 0.25) is 0 Å². The van der Waals surface area contributed by atoms with Gasteiger partial charge in [-0.15, -0.1) is 0 Å². The zero-order valence-corrected chi connectivity index (χ0v) is 9.41. The van der Waals surface area contributed by atoms with Gasteiger partial charge in [0, 0.05) is 5.33 Å². The van der Waals surface area contributed by atoms with E-state index in [0.29, 0.717) is 11.3 Å². The molecule has 0 aliphatic carbocycles. The number of nitrogens with zero attached hydrogens (tertiary/aromatic N) is 1. The summed E-state index contributed by atoms with van der Waals surface area (Å²) in [6.45, 7) is 0. The molecule has 72 valence electrons. The summed E-state index contributed by atoms with van der Waals surface area (Å²) in [5.74, 6) is 0.615. The van der Waals surface area contributed by atoms with Crippen molar-refractivity contribution in [2.24, 2.45) is 0 Å². The van der Waals surface area contributed by atoms with Gasteiger partial charge in [0.15, 0.2) is 0 Å². The van der Waals surface area contributed by atoms with Crippen molar-refractivity contribution in [2.75, 3.05) is 12.4 Å². The first-order chi connectivity index (χ1) is 6.81. The monoisotopic (exact) mass is 251 g/mol. The molecule has 0 heterocycles. The Morgan fingerprint density at radius 1 is 1.57 bits per heavy atom. The third-order valence-electron chi connectivity index (χ3n) is 1.75. The number of nitriles is 1. The van der Waals surface area contributed by atoms with Gasteiger partial charge in [0.25, 0.3) is 0 Å². The molecule has 14 heavy (non-hydrogen) atoms. The number of hydrogen-bond acceptors (Lipinski definition) is 2. The first-order valence-electron chi connectivity index (χ1n) is 4.12. The van der Waals surface area contributed by atoms with Gasteiger partial charge in [0.1, 0.15) is 11.8 Å². The Balaban J connectivity index is 3.03. The molecule has 0 aliphatic rings. The molecule has 0 bridgehead atoms. The second kappa shape index (κ2) is 5.46. The Morgan fingerprint density at radius 3 is 2.93 bits per heavy atom. The standard InChI is InChI=1S/C11H10BrNO/c1-14-11-7-9(3-2-6-12)4-5-10(11)8-13/h2-5,7H,6H2,1H3. The number of rotatable bonds is 3. The molecule has 1 rings (SSSR count). The van der Waals surface area contributed by atoms with Crippen LogP contribution in [0.5, 0.6) is 5.75 Å². The van der Waals surface area contributed by atoms with E-state index in [1.54, 1.807) is 13.2 Å². The Labute approximate surface area is 91.9 Å². The van der Waals surface area contributed by atoms with E-state index in [-0.39, 0.29) is 0 Å². The molecule has 0 aromatic heterocycles. The molecule has 1 aromatic rings. The van der Waals surface area contributed by atoms with E-state index in [2.05, 4.69) is 22.0 Å². The van der Waals surface area contributed by atoms with Crippen LogP contribution in [0.2, 0.25) is 0 Å². The number of halogens is 1. The molecule has 0 fully saturated rings. The van der Waals surface area contributed by atoms with Crippen molar-refractivity contribution in [3.63, 3.8) is 0 Å². The van der Waals surface area contributed by atoms with Crippen molar-refractivity contribution in [3.05, 3.63) is 35.4 Å². The van der Waals surface area contributed by atoms with Gasteiger partial charge in [-0.05, 0) is 17.7 Å². The normalized spacial score (nSPS) is 10.1. The van der Waals surface area contributed by atoms with Crippen LogP contribution in [0.15, 0.2) is 24.3 Å². The van der Waals surface area contributed by atoms with Gasteiger partial charge in [-0.1, -0.05) is 34.1 Å². The maximum atomic E-state index is 8.76. The summed E-state index contributed by atoms with van der Waals surface area (Å²) in [4.78, 5) is 0. The average molecular weight is 252 g/mol. The van der Waals surface area contributed by atoms with Crippen molar-refractivity contribution in [1.29, 1.82) is 5.26 Å². The zero-order valence-electron chi connectivity index (χ0n) is 7.83. The Kier molecular flexibility index (Phi) is 4.21. The fraction of sp³-hybridized carbons (Fsp3) is 0.182. The second-order valence-corrected chi connectivity index (χ2v) is 3.28. The maximum absolute atomic E-state index is 8.76. The van der Waals surface area contributed by atoms with Crippen molar-refractivity contribution in [1.82, 2.24) is 0 Å². The van der Waals surface area contributed by atoms with E-state index < -0.39 is 0 Å². The maximum Gasteiger partial charge on any atom is 0.137 e. The molecule has 1 aromatic carbocycles. The van der Waals surface area contributed by atoms with Crippen LogP contribution in [0.1, 0.15) is 11.1 Å². The first-order valence-corrected chi connectivity index (χ1v) is 5.24. The van der Waals surface area contributed by atoms with Crippen molar-refractivity contribution in [3.8, 4) is 11.8 Å². The van der Waals surface area contributed by atoms with Gasteiger partial charge < -0.3 is 4.74 Å². The van der Waals surface area contributed by atoms with Crippen LogP contribution in [-0.2, 0) is 0 Å². The lowest BCUT2D eigenvalue weighted by Crippen LogP contribution is -1.88. The van der Waals surface area contributed by atoms with E-state index >= 15 is 0 Å². The van der Waals surface area contributed by atoms with Crippen molar-refractivity contribution < 1.29 is 4.74 Å². The molecule has 0 radical (unpaired) electrons. The molecule has 0 unspecified atom stereocenters. The van der Waals surface area contributed by atoms with Crippen molar-refractivity contribution >= 4 is 22.0 Å². The zero-order chi connectivity index (χ0) is 10.4. The third kappa shape index (κ3) is 2.61. The summed E-state index contributed by atoms with van der Waals surface area (Å²) in [5.41, 5.74) is 1.59. The summed E-state index contributed by atoms with van der Waals surface area (Å²) in [6, 6.07) is 7.56. The predicted molar refractivity (Wildman–Crippen MR) is 60.5 cm³/mol. The van der Waals surface area contributed by atoms with Crippen LogP contribution in [0.25, 0.3) is 6.08 Å². The highest BCUT2D eigenvalue weighted by atomic mass is 79.9. The minimum Gasteiger partial charge on any atom is -0.495 e. The second-order valence-electron chi connectivity index (χ2n) is 2.63. The third-order valence-corrected chi connectivity index (χ3v) is 2.12. The van der Waals surface area contributed by atoms with Gasteiger partial charge in [-0.25, -0.2) is 0 Å². The summed E-state index contributed by atoms with van der Waals surface area (Å²) in [6.07, 6.45) is 3.96. The van der Waals surface area contributed by atoms with Crippen LogP contribution < -0.4 is 4.74 Å². The molecule has 2 nitrogen and oxygen atoms in total. The van der Waals surface area contributed by atoms with Gasteiger partial charge in [-0.3, -0.25) is 0 Å². The largest absolute Gasteiger partial charge is 0.495 e. The lowest BCUT2D eigenvalue weighted by Gasteiger charge is -2.02. The Bertz CT molecular complexity index is 379. The summed E-state index contributed by atoms with van der Waals surface area (Å²) in [5, 5.41) is 9.58. The molecule has 0 saturated carbocycles. The molecule has 0 amide bonds. The lowest BCUT2D eigenvalue weighted by atomic mass is 10.1. The molecule has 0 atom stereocenters. The summed E-state index contributed by atoms with van der Waals surface area (Å²) >= 11 is 3.30. The predicted octanol–water partition coefficient (Wildman–Crippen LogP) is 2.97. The highest BCUT2D eigenvalue weighted by molar-refractivity contribution is 9.09. The fourth-order valence-electron chi connectivity index (χ4n) is 1.08. The minimum absolute atomic E-state index is 0.559. The smallest absolute Gasteiger partial charge is 0.137 e. The molecule has 0 aliphatic heterocycles. The highest BCUT2D eigenvalue weighted by Gasteiger charge is 2.01. The van der Waals surface area contributed by atoms with Crippen molar-refractivity contribution in [2.45, 2.75) is 0 Å². The molecule has 0 N–H and O–H groups in total. The summed E-state index contributed by atoms with van der Waals surface area (Å²) in [7, 11) is 1.56. The molecule has 3 heteroatoms. The molecule has 0 saturated heterocycles. The fourth-order valence-corrected chi connectivity index (χ4v) is 1.27. The number of hydrogen-bond donors (Lipinski definition) is 0. The van der Waals surface area contributed by atoms with Gasteiger partial charge >= 0.3 is 0 Å². The Hall–Kier alpha value is -1.27. The van der Waals surface area contributed by atoms with E-state index in [4.69, 9.17) is 10.00 Å². The topological polar surface area (TPSA) is 33.0 Å². The average Bonchev–Trinajstić information content (AvgIpc) is 2.25. The summed E-state index contributed by atoms with van der Waals surface area (Å²) < 4.78 is 5.09. The van der Waals surface area contributed by atoms with Gasteiger partial charge in [0.05, 0.1) is 12.7 Å². The van der Waals surface area contributed by atoms with Crippen LogP contribution in [0, 0.1) is 11.3 Å². The lowest BCUT2D eigenvalue weighted by molar-refractivity contribution is 0.413. The molecular formula is C11H10BrNO. The number of alkyl halides is 1. The number of methoxy groups -OCH3 is 1. The number of ether oxygens (including phenoxy) is 1. The SMILES string of the molecule is COc1cc(C=CCBr)ccc1C#N. The molecular weight excluding hydrogens is 242 g/mol. The first kappa shape index (κ1) is 10.8. The van der Waals surface area contributed by atoms with Crippen LogP contribution in [-0.4, -0.2) is 12.4 Å². The minimum atomic E-state index is 0.559. The quantitative estimate of drug-likeness (QED) is 0.775. The number of benzene rings is 1. The number of allylic oxidation sites excluding steroid dienone is 1. The highest BCUT2D eigenvalue weighted by Crippen LogP contribution is 2.19. The van der Waals surface area contributed by atoms with Crippen LogP contribution >= 0.6 is 15.9 Å². The Morgan fingerprint density at radius 2 is 2.36 bits per heavy atom. The molecule has 0 spiro atoms. The van der Waals surface area contributed by atoms with Crippen LogP contribution in [0.4, 0.5) is 0 Å². The van der Waals surface area contributed by atoms with E-state index in [1.807, 2.05) is 24.3 Å². The van der Waals surface area contributed by atoms with E-state index in [9.17, 15) is 0 Å². The van der Waals surface area contributed by atoms with E-state index in [1.165, 1.54) is 0 Å². The van der Waals surface area contributed by atoms with Gasteiger partial charge in [-0.2, -0.15) is 5.26 Å².